The second-order valence-electron chi connectivity index (χ2n) is 7.53. The van der Waals surface area contributed by atoms with E-state index >= 15 is 0 Å². The standard InChI is InChI=1S/C21H26N2O4.C2H2O4/c1-24-18-5-4-17(20(12-18)25-2)14-23-9-7-22(8-10-23)13-16-3-6-19-21(11-16)27-15-26-19;3-1(4)2(5)6/h3-6,11-12H,7-10,13-15H2,1-2H3;(H,3,4)(H,5,6). The Morgan fingerprint density at radius 2 is 1.48 bits per heavy atom. The minimum atomic E-state index is -1.82. The fourth-order valence-electron chi connectivity index (χ4n) is 3.63. The Morgan fingerprint density at radius 3 is 2.09 bits per heavy atom. The van der Waals surface area contributed by atoms with Crippen LogP contribution in [0.3, 0.4) is 0 Å². The van der Waals surface area contributed by atoms with Gasteiger partial charge in [0, 0.05) is 50.9 Å². The highest BCUT2D eigenvalue weighted by molar-refractivity contribution is 6.27. The molecule has 0 aliphatic carbocycles. The Labute approximate surface area is 191 Å². The van der Waals surface area contributed by atoms with Gasteiger partial charge in [0.2, 0.25) is 6.79 Å². The van der Waals surface area contributed by atoms with Crippen molar-refractivity contribution >= 4 is 11.9 Å². The van der Waals surface area contributed by atoms with Crippen molar-refractivity contribution in [3.8, 4) is 23.0 Å². The van der Waals surface area contributed by atoms with Crippen LogP contribution in [0, 0.1) is 0 Å². The molecule has 0 atom stereocenters. The molecular formula is C23H28N2O8. The molecule has 0 spiro atoms. The molecule has 2 N–H and O–H groups in total. The molecule has 0 aromatic heterocycles. The summed E-state index contributed by atoms with van der Waals surface area (Å²) in [5.74, 6) is -0.235. The van der Waals surface area contributed by atoms with Crippen LogP contribution in [0.4, 0.5) is 0 Å². The van der Waals surface area contributed by atoms with Crippen molar-refractivity contribution in [1.29, 1.82) is 0 Å². The van der Waals surface area contributed by atoms with Crippen LogP contribution in [0.25, 0.3) is 0 Å². The van der Waals surface area contributed by atoms with Gasteiger partial charge in [-0.1, -0.05) is 12.1 Å². The lowest BCUT2D eigenvalue weighted by Gasteiger charge is -2.35. The molecule has 2 aliphatic rings. The van der Waals surface area contributed by atoms with Gasteiger partial charge in [0.05, 0.1) is 14.2 Å². The van der Waals surface area contributed by atoms with Crippen LogP contribution in [0.1, 0.15) is 11.1 Å². The first-order chi connectivity index (χ1) is 15.9. The first kappa shape index (κ1) is 24.1. The van der Waals surface area contributed by atoms with Gasteiger partial charge in [0.1, 0.15) is 11.5 Å². The van der Waals surface area contributed by atoms with Crippen molar-refractivity contribution in [3.05, 3.63) is 47.5 Å². The first-order valence-corrected chi connectivity index (χ1v) is 10.4. The van der Waals surface area contributed by atoms with Crippen molar-refractivity contribution in [3.63, 3.8) is 0 Å². The molecule has 2 aliphatic heterocycles. The van der Waals surface area contributed by atoms with Gasteiger partial charge in [-0.3, -0.25) is 9.80 Å². The minimum Gasteiger partial charge on any atom is -0.497 e. The lowest BCUT2D eigenvalue weighted by molar-refractivity contribution is -0.159. The highest BCUT2D eigenvalue weighted by atomic mass is 16.7. The summed E-state index contributed by atoms with van der Waals surface area (Å²) in [7, 11) is 3.38. The van der Waals surface area contributed by atoms with E-state index in [-0.39, 0.29) is 0 Å². The number of aliphatic carboxylic acids is 2. The van der Waals surface area contributed by atoms with Gasteiger partial charge in [-0.2, -0.15) is 0 Å². The Morgan fingerprint density at radius 1 is 0.848 bits per heavy atom. The van der Waals surface area contributed by atoms with E-state index < -0.39 is 11.9 Å². The molecule has 2 aromatic rings. The molecule has 0 bridgehead atoms. The molecule has 10 heteroatoms. The fourth-order valence-corrected chi connectivity index (χ4v) is 3.63. The van der Waals surface area contributed by atoms with Crippen molar-refractivity contribution in [1.82, 2.24) is 9.80 Å². The van der Waals surface area contributed by atoms with Crippen LogP contribution in [0.5, 0.6) is 23.0 Å². The van der Waals surface area contributed by atoms with Crippen LogP contribution < -0.4 is 18.9 Å². The molecule has 1 saturated heterocycles. The maximum atomic E-state index is 9.10. The minimum absolute atomic E-state index is 0.326. The predicted octanol–water partition coefficient (Wildman–Crippen LogP) is 1.91. The van der Waals surface area contributed by atoms with Crippen molar-refractivity contribution in [2.45, 2.75) is 13.1 Å². The quantitative estimate of drug-likeness (QED) is 0.619. The summed E-state index contributed by atoms with van der Waals surface area (Å²) >= 11 is 0. The molecule has 0 radical (unpaired) electrons. The van der Waals surface area contributed by atoms with Crippen LogP contribution >= 0.6 is 0 Å². The normalized spacial score (nSPS) is 15.3. The summed E-state index contributed by atoms with van der Waals surface area (Å²) in [5, 5.41) is 14.8. The van der Waals surface area contributed by atoms with Gasteiger partial charge in [-0.25, -0.2) is 9.59 Å². The lowest BCUT2D eigenvalue weighted by Crippen LogP contribution is -2.45. The summed E-state index contributed by atoms with van der Waals surface area (Å²) in [6, 6.07) is 12.3. The Hall–Kier alpha value is -3.50. The number of carboxylic acids is 2. The third kappa shape index (κ3) is 6.74. The summed E-state index contributed by atoms with van der Waals surface area (Å²) < 4.78 is 21.7. The van der Waals surface area contributed by atoms with E-state index in [4.69, 9.17) is 38.7 Å². The number of rotatable bonds is 6. The maximum absolute atomic E-state index is 9.10. The van der Waals surface area contributed by atoms with Crippen molar-refractivity contribution < 1.29 is 38.7 Å². The van der Waals surface area contributed by atoms with E-state index in [1.807, 2.05) is 18.2 Å². The molecule has 2 heterocycles. The number of hydrogen-bond acceptors (Lipinski definition) is 8. The third-order valence-corrected chi connectivity index (χ3v) is 5.38. The van der Waals surface area contributed by atoms with Gasteiger partial charge in [0.25, 0.3) is 0 Å². The number of benzene rings is 2. The van der Waals surface area contributed by atoms with Crippen LogP contribution in [-0.2, 0) is 22.7 Å². The number of carbonyl (C=O) groups is 2. The number of hydrogen-bond donors (Lipinski definition) is 2. The Kier molecular flexibility index (Phi) is 8.34. The van der Waals surface area contributed by atoms with Gasteiger partial charge in [0.15, 0.2) is 11.5 Å². The molecule has 10 nitrogen and oxygen atoms in total. The topological polar surface area (TPSA) is 118 Å². The number of nitrogens with zero attached hydrogens (tertiary/aromatic N) is 2. The Balaban J connectivity index is 0.000000454. The molecular weight excluding hydrogens is 432 g/mol. The van der Waals surface area contributed by atoms with Gasteiger partial charge in [-0.15, -0.1) is 0 Å². The average Bonchev–Trinajstić information content (AvgIpc) is 3.29. The zero-order valence-corrected chi connectivity index (χ0v) is 18.7. The van der Waals surface area contributed by atoms with E-state index in [9.17, 15) is 0 Å². The maximum Gasteiger partial charge on any atom is 0.414 e. The SMILES string of the molecule is COc1ccc(CN2CCN(Cc3ccc4c(c3)OCO4)CC2)c(OC)c1.O=C(O)C(=O)O. The Bertz CT molecular complexity index is 961. The summed E-state index contributed by atoms with van der Waals surface area (Å²) in [5.41, 5.74) is 2.46. The summed E-state index contributed by atoms with van der Waals surface area (Å²) in [4.78, 5) is 23.2. The molecule has 4 rings (SSSR count). The lowest BCUT2D eigenvalue weighted by atomic mass is 10.1. The summed E-state index contributed by atoms with van der Waals surface area (Å²) in [6.07, 6.45) is 0. The highest BCUT2D eigenvalue weighted by Crippen LogP contribution is 2.33. The molecule has 178 valence electrons. The molecule has 33 heavy (non-hydrogen) atoms. The second kappa shape index (κ2) is 11.4. The van der Waals surface area contributed by atoms with Crippen LogP contribution in [0.15, 0.2) is 36.4 Å². The molecule has 0 unspecified atom stereocenters. The van der Waals surface area contributed by atoms with E-state index in [1.165, 1.54) is 11.1 Å². The van der Waals surface area contributed by atoms with Crippen molar-refractivity contribution in [2.24, 2.45) is 0 Å². The van der Waals surface area contributed by atoms with Gasteiger partial charge in [-0.05, 0) is 23.8 Å². The number of fused-ring (bicyclic) bond motifs is 1. The molecule has 1 fully saturated rings. The van der Waals surface area contributed by atoms with E-state index in [1.54, 1.807) is 14.2 Å². The van der Waals surface area contributed by atoms with Gasteiger partial charge < -0.3 is 29.2 Å². The average molecular weight is 460 g/mol. The van der Waals surface area contributed by atoms with Crippen LogP contribution in [-0.4, -0.2) is 79.1 Å². The largest absolute Gasteiger partial charge is 0.497 e. The zero-order chi connectivity index (χ0) is 23.8. The monoisotopic (exact) mass is 460 g/mol. The number of piperazine rings is 1. The number of ether oxygens (including phenoxy) is 4. The number of carboxylic acid groups (broad SMARTS) is 2. The molecule has 2 aromatic carbocycles. The fraction of sp³-hybridized carbons (Fsp3) is 0.391. The smallest absolute Gasteiger partial charge is 0.414 e. The van der Waals surface area contributed by atoms with Crippen LogP contribution in [0.2, 0.25) is 0 Å². The number of methoxy groups -OCH3 is 2. The van der Waals surface area contributed by atoms with E-state index in [0.717, 1.165) is 62.3 Å². The second-order valence-corrected chi connectivity index (χ2v) is 7.53. The summed E-state index contributed by atoms with van der Waals surface area (Å²) in [6.45, 7) is 6.34. The third-order valence-electron chi connectivity index (χ3n) is 5.38. The van der Waals surface area contributed by atoms with E-state index in [0.29, 0.717) is 6.79 Å². The molecule has 0 saturated carbocycles. The predicted molar refractivity (Wildman–Crippen MR) is 118 cm³/mol. The zero-order valence-electron chi connectivity index (χ0n) is 18.7. The first-order valence-electron chi connectivity index (χ1n) is 10.4. The van der Waals surface area contributed by atoms with Crippen molar-refractivity contribution in [2.75, 3.05) is 47.2 Å². The highest BCUT2D eigenvalue weighted by Gasteiger charge is 2.20. The van der Waals surface area contributed by atoms with E-state index in [2.05, 4.69) is 28.0 Å². The van der Waals surface area contributed by atoms with Gasteiger partial charge >= 0.3 is 11.9 Å². The molecule has 0 amide bonds.